The number of rotatable bonds is 39. The number of hydrogen-bond acceptors (Lipinski definition) is 6. The van der Waals surface area contributed by atoms with E-state index in [4.69, 9.17) is 14.8 Å². The number of nitrogens with one attached hydrogen (secondary N) is 1. The molecule has 0 aromatic heterocycles. The lowest BCUT2D eigenvalue weighted by atomic mass is 10.1. The van der Waals surface area contributed by atoms with Crippen molar-refractivity contribution in [3.8, 4) is 0 Å². The molecule has 0 radical (unpaired) electrons. The highest BCUT2D eigenvalue weighted by atomic mass is 31.2. The standard InChI is InChI=1S/C42H81N2O6P/c1-3-5-7-9-11-13-15-17-19-20-22-23-25-27-29-31-33-35-41(45)40(39-50-51(47,48)49-38-37-43)44-42(46)36-34-32-30-28-26-24-21-18-16-14-12-10-8-6-4-2/h18,21,25,27,33,35,40-41,45H,3-17,19-20,22-24,26,28-32,34,36-39,43H2,1-2H3,(H,44,46)(H,47,48)/b21-18-,27-25+,35-33+. The number of phosphoric ester groups is 1. The van der Waals surface area contributed by atoms with Gasteiger partial charge in [-0.2, -0.15) is 0 Å². The van der Waals surface area contributed by atoms with Gasteiger partial charge in [0.2, 0.25) is 5.91 Å². The minimum Gasteiger partial charge on any atom is -0.387 e. The fraction of sp³-hybridized carbons (Fsp3) is 0.833. The lowest BCUT2D eigenvalue weighted by Crippen LogP contribution is -2.45. The van der Waals surface area contributed by atoms with Crippen LogP contribution in [0, 0.1) is 0 Å². The fourth-order valence-electron chi connectivity index (χ4n) is 5.97. The first kappa shape index (κ1) is 49.7. The third-order valence-electron chi connectivity index (χ3n) is 9.19. The van der Waals surface area contributed by atoms with Crippen molar-refractivity contribution < 1.29 is 28.4 Å². The molecular formula is C42H81N2O6P. The number of carbonyl (C=O) groups is 1. The molecule has 1 amide bonds. The van der Waals surface area contributed by atoms with E-state index in [9.17, 15) is 19.4 Å². The predicted molar refractivity (Wildman–Crippen MR) is 217 cm³/mol. The number of aliphatic hydroxyl groups is 1. The Hall–Kier alpha value is -1.28. The third kappa shape index (κ3) is 36.9. The monoisotopic (exact) mass is 741 g/mol. The van der Waals surface area contributed by atoms with E-state index in [1.165, 1.54) is 122 Å². The van der Waals surface area contributed by atoms with Gasteiger partial charge in [0.1, 0.15) is 0 Å². The Balaban J connectivity index is 4.31. The Morgan fingerprint density at radius 1 is 0.627 bits per heavy atom. The lowest BCUT2D eigenvalue weighted by molar-refractivity contribution is -0.123. The molecule has 0 aliphatic rings. The van der Waals surface area contributed by atoms with Crippen LogP contribution in [0.4, 0.5) is 0 Å². The maximum Gasteiger partial charge on any atom is 0.472 e. The van der Waals surface area contributed by atoms with Gasteiger partial charge >= 0.3 is 7.82 Å². The number of carbonyl (C=O) groups excluding carboxylic acids is 1. The quantitative estimate of drug-likeness (QED) is 0.0280. The minimum absolute atomic E-state index is 0.0726. The number of allylic oxidation sites excluding steroid dienone is 5. The Labute approximate surface area is 314 Å². The smallest absolute Gasteiger partial charge is 0.387 e. The largest absolute Gasteiger partial charge is 0.472 e. The molecule has 9 heteroatoms. The van der Waals surface area contributed by atoms with Crippen LogP contribution in [0.5, 0.6) is 0 Å². The Bertz CT molecular complexity index is 897. The molecule has 300 valence electrons. The van der Waals surface area contributed by atoms with Gasteiger partial charge in [0.05, 0.1) is 25.4 Å². The van der Waals surface area contributed by atoms with Gasteiger partial charge < -0.3 is 21.1 Å². The van der Waals surface area contributed by atoms with Crippen LogP contribution >= 0.6 is 7.82 Å². The van der Waals surface area contributed by atoms with Gasteiger partial charge in [-0.3, -0.25) is 13.8 Å². The Morgan fingerprint density at radius 3 is 1.51 bits per heavy atom. The summed E-state index contributed by atoms with van der Waals surface area (Å²) in [6.45, 7) is 4.10. The molecular weight excluding hydrogens is 659 g/mol. The van der Waals surface area contributed by atoms with E-state index in [-0.39, 0.29) is 25.7 Å². The molecule has 0 aliphatic carbocycles. The number of hydrogen-bond donors (Lipinski definition) is 4. The average molecular weight is 741 g/mol. The van der Waals surface area contributed by atoms with Gasteiger partial charge in [-0.15, -0.1) is 0 Å². The van der Waals surface area contributed by atoms with Crippen molar-refractivity contribution in [2.24, 2.45) is 5.73 Å². The maximum atomic E-state index is 12.7. The van der Waals surface area contributed by atoms with Gasteiger partial charge in [-0.25, -0.2) is 4.57 Å². The second kappa shape index (κ2) is 38.4. The molecule has 0 fully saturated rings. The van der Waals surface area contributed by atoms with Crippen LogP contribution in [0.3, 0.4) is 0 Å². The summed E-state index contributed by atoms with van der Waals surface area (Å²) in [5.74, 6) is -0.213. The Morgan fingerprint density at radius 2 is 1.04 bits per heavy atom. The topological polar surface area (TPSA) is 131 Å². The first-order valence-electron chi connectivity index (χ1n) is 21.1. The summed E-state index contributed by atoms with van der Waals surface area (Å²) in [4.78, 5) is 22.6. The highest BCUT2D eigenvalue weighted by molar-refractivity contribution is 7.47. The van der Waals surface area contributed by atoms with Crippen molar-refractivity contribution in [3.05, 3.63) is 36.5 Å². The minimum atomic E-state index is -4.35. The lowest BCUT2D eigenvalue weighted by Gasteiger charge is -2.23. The van der Waals surface area contributed by atoms with Gasteiger partial charge in [-0.1, -0.05) is 166 Å². The van der Waals surface area contributed by atoms with E-state index >= 15 is 0 Å². The van der Waals surface area contributed by atoms with Crippen LogP contribution < -0.4 is 11.1 Å². The molecule has 0 bridgehead atoms. The first-order valence-corrected chi connectivity index (χ1v) is 22.6. The first-order chi connectivity index (χ1) is 24.9. The van der Waals surface area contributed by atoms with Crippen molar-refractivity contribution in [1.82, 2.24) is 5.32 Å². The van der Waals surface area contributed by atoms with Crippen LogP contribution in [-0.4, -0.2) is 47.8 Å². The summed E-state index contributed by atoms with van der Waals surface area (Å²) in [5, 5.41) is 13.6. The zero-order valence-electron chi connectivity index (χ0n) is 33.1. The summed E-state index contributed by atoms with van der Waals surface area (Å²) in [6.07, 6.45) is 44.8. The van der Waals surface area contributed by atoms with E-state index in [1.54, 1.807) is 6.08 Å². The average Bonchev–Trinajstić information content (AvgIpc) is 3.12. The maximum absolute atomic E-state index is 12.7. The molecule has 8 nitrogen and oxygen atoms in total. The summed E-state index contributed by atoms with van der Waals surface area (Å²) in [5.41, 5.74) is 5.36. The number of amides is 1. The number of phosphoric acid groups is 1. The molecule has 0 aromatic carbocycles. The van der Waals surface area contributed by atoms with Crippen LogP contribution in [0.15, 0.2) is 36.5 Å². The van der Waals surface area contributed by atoms with Crippen molar-refractivity contribution in [3.63, 3.8) is 0 Å². The summed E-state index contributed by atoms with van der Waals surface area (Å²) in [6, 6.07) is -0.879. The second-order valence-electron chi connectivity index (χ2n) is 14.2. The molecule has 51 heavy (non-hydrogen) atoms. The number of aliphatic hydroxyl groups excluding tert-OH is 1. The SMILES string of the molecule is CCCCCCCC/C=C\CCCCCCCC(=O)NC(COP(=O)(O)OCCN)C(O)/C=C/CC/C=C/CCCCCCCCCCCCC. The van der Waals surface area contributed by atoms with Gasteiger partial charge in [0.15, 0.2) is 0 Å². The number of unbranched alkanes of at least 4 members (excludes halogenated alkanes) is 23. The van der Waals surface area contributed by atoms with E-state index in [2.05, 4.69) is 43.5 Å². The zero-order chi connectivity index (χ0) is 37.5. The highest BCUT2D eigenvalue weighted by Crippen LogP contribution is 2.43. The van der Waals surface area contributed by atoms with Crippen molar-refractivity contribution in [1.29, 1.82) is 0 Å². The van der Waals surface area contributed by atoms with Crippen LogP contribution in [0.1, 0.15) is 194 Å². The van der Waals surface area contributed by atoms with Crippen LogP contribution in [-0.2, 0) is 18.4 Å². The van der Waals surface area contributed by atoms with E-state index in [1.807, 2.05) is 6.08 Å². The molecule has 0 saturated heterocycles. The molecule has 0 heterocycles. The molecule has 0 rings (SSSR count). The molecule has 0 spiro atoms. The second-order valence-corrected chi connectivity index (χ2v) is 15.6. The Kier molecular flexibility index (Phi) is 37.5. The molecule has 5 N–H and O–H groups in total. The molecule has 3 unspecified atom stereocenters. The van der Waals surface area contributed by atoms with Crippen molar-refractivity contribution in [2.45, 2.75) is 206 Å². The number of nitrogens with two attached hydrogens (primary N) is 1. The van der Waals surface area contributed by atoms with Crippen molar-refractivity contribution in [2.75, 3.05) is 19.8 Å². The summed E-state index contributed by atoms with van der Waals surface area (Å²) in [7, 11) is -4.35. The van der Waals surface area contributed by atoms with Crippen LogP contribution in [0.2, 0.25) is 0 Å². The summed E-state index contributed by atoms with van der Waals surface area (Å²) >= 11 is 0. The zero-order valence-corrected chi connectivity index (χ0v) is 34.0. The van der Waals surface area contributed by atoms with E-state index < -0.39 is 20.0 Å². The van der Waals surface area contributed by atoms with Gasteiger partial charge in [0, 0.05) is 13.0 Å². The predicted octanol–water partition coefficient (Wildman–Crippen LogP) is 11.6. The third-order valence-corrected chi connectivity index (χ3v) is 10.2. The van der Waals surface area contributed by atoms with Crippen LogP contribution in [0.25, 0.3) is 0 Å². The summed E-state index contributed by atoms with van der Waals surface area (Å²) < 4.78 is 22.1. The van der Waals surface area contributed by atoms with Gasteiger partial charge in [0.25, 0.3) is 0 Å². The highest BCUT2D eigenvalue weighted by Gasteiger charge is 2.26. The normalized spacial score (nSPS) is 14.5. The molecule has 3 atom stereocenters. The fourth-order valence-corrected chi connectivity index (χ4v) is 6.72. The van der Waals surface area contributed by atoms with Gasteiger partial charge in [-0.05, 0) is 57.8 Å². The molecule has 0 aliphatic heterocycles. The van der Waals surface area contributed by atoms with Crippen molar-refractivity contribution >= 4 is 13.7 Å². The van der Waals surface area contributed by atoms with E-state index in [0.29, 0.717) is 6.42 Å². The molecule has 0 saturated carbocycles. The van der Waals surface area contributed by atoms with E-state index in [0.717, 1.165) is 51.4 Å². The molecule has 0 aromatic rings.